The molecule has 0 aliphatic heterocycles. The van der Waals surface area contributed by atoms with Gasteiger partial charge in [-0.1, -0.05) is 26.0 Å². The number of ether oxygens (including phenoxy) is 1. The highest BCUT2D eigenvalue weighted by Gasteiger charge is 2.38. The Hall–Kier alpha value is -1.27. The van der Waals surface area contributed by atoms with Gasteiger partial charge >= 0.3 is 6.18 Å². The van der Waals surface area contributed by atoms with Gasteiger partial charge in [0.2, 0.25) is 0 Å². The summed E-state index contributed by atoms with van der Waals surface area (Å²) < 4.78 is 41.4. The van der Waals surface area contributed by atoms with E-state index in [-0.39, 0.29) is 0 Å². The zero-order valence-corrected chi connectivity index (χ0v) is 11.6. The van der Waals surface area contributed by atoms with Crippen molar-refractivity contribution in [1.29, 1.82) is 0 Å². The second kappa shape index (κ2) is 7.50. The van der Waals surface area contributed by atoms with E-state index in [0.29, 0.717) is 18.2 Å². The van der Waals surface area contributed by atoms with Gasteiger partial charge < -0.3 is 15.2 Å². The summed E-state index contributed by atoms with van der Waals surface area (Å²) in [7, 11) is 0. The molecule has 0 saturated carbocycles. The van der Waals surface area contributed by atoms with Crippen molar-refractivity contribution in [2.45, 2.75) is 32.7 Å². The maximum Gasteiger partial charge on any atom is 0.417 e. The van der Waals surface area contributed by atoms with E-state index >= 15 is 0 Å². The van der Waals surface area contributed by atoms with Crippen molar-refractivity contribution >= 4 is 0 Å². The molecule has 1 rings (SSSR count). The predicted molar refractivity (Wildman–Crippen MR) is 70.5 cm³/mol. The minimum atomic E-state index is -4.66. The minimum absolute atomic E-state index is 0.317. The molecular weight excluding hydrogens is 271 g/mol. The average molecular weight is 291 g/mol. The molecule has 1 unspecified atom stereocenters. The van der Waals surface area contributed by atoms with Gasteiger partial charge in [-0.15, -0.1) is 0 Å². The first-order valence-electron chi connectivity index (χ1n) is 6.46. The Morgan fingerprint density at radius 3 is 2.60 bits per heavy atom. The highest BCUT2D eigenvalue weighted by atomic mass is 19.4. The van der Waals surface area contributed by atoms with Crippen molar-refractivity contribution in [3.05, 3.63) is 29.8 Å². The third kappa shape index (κ3) is 6.25. The van der Waals surface area contributed by atoms with Crippen LogP contribution < -0.4 is 10.1 Å². The fourth-order valence-corrected chi connectivity index (χ4v) is 1.52. The van der Waals surface area contributed by atoms with Crippen LogP contribution in [0.25, 0.3) is 0 Å². The van der Waals surface area contributed by atoms with E-state index in [4.69, 9.17) is 9.84 Å². The van der Waals surface area contributed by atoms with Crippen LogP contribution in [0.4, 0.5) is 13.2 Å². The van der Waals surface area contributed by atoms with E-state index in [1.165, 1.54) is 0 Å². The van der Waals surface area contributed by atoms with Gasteiger partial charge in [0.1, 0.15) is 12.4 Å². The molecule has 0 radical (unpaired) electrons. The molecule has 0 amide bonds. The van der Waals surface area contributed by atoms with Crippen LogP contribution in [-0.4, -0.2) is 30.5 Å². The molecule has 6 heteroatoms. The SMILES string of the molecule is CC(C)CNCc1cccc(OCC(O)C(F)(F)F)c1. The first-order chi connectivity index (χ1) is 9.29. The quantitative estimate of drug-likeness (QED) is 0.811. The van der Waals surface area contributed by atoms with E-state index in [2.05, 4.69) is 19.2 Å². The van der Waals surface area contributed by atoms with Crippen molar-refractivity contribution in [3.63, 3.8) is 0 Å². The summed E-state index contributed by atoms with van der Waals surface area (Å²) in [5.41, 5.74) is 0.921. The van der Waals surface area contributed by atoms with Gasteiger partial charge in [-0.05, 0) is 30.2 Å². The molecule has 20 heavy (non-hydrogen) atoms. The Balaban J connectivity index is 2.47. The number of halogens is 3. The second-order valence-corrected chi connectivity index (χ2v) is 5.04. The first kappa shape index (κ1) is 16.8. The van der Waals surface area contributed by atoms with Gasteiger partial charge in [-0.3, -0.25) is 0 Å². The fraction of sp³-hybridized carbons (Fsp3) is 0.571. The summed E-state index contributed by atoms with van der Waals surface area (Å²) in [6.45, 7) is 4.86. The minimum Gasteiger partial charge on any atom is -0.491 e. The van der Waals surface area contributed by atoms with E-state index in [1.54, 1.807) is 18.2 Å². The van der Waals surface area contributed by atoms with Crippen LogP contribution in [0.5, 0.6) is 5.75 Å². The Kier molecular flexibility index (Phi) is 6.29. The van der Waals surface area contributed by atoms with Gasteiger partial charge in [0.25, 0.3) is 0 Å². The molecule has 0 heterocycles. The third-order valence-corrected chi connectivity index (χ3v) is 2.57. The molecule has 0 aromatic heterocycles. The molecule has 0 bridgehead atoms. The summed E-state index contributed by atoms with van der Waals surface area (Å²) in [4.78, 5) is 0. The number of rotatable bonds is 7. The highest BCUT2D eigenvalue weighted by molar-refractivity contribution is 5.28. The number of aliphatic hydroxyl groups excluding tert-OH is 1. The van der Waals surface area contributed by atoms with Crippen LogP contribution in [-0.2, 0) is 6.54 Å². The topological polar surface area (TPSA) is 41.5 Å². The molecule has 1 atom stereocenters. The van der Waals surface area contributed by atoms with Crippen LogP contribution in [0.3, 0.4) is 0 Å². The summed E-state index contributed by atoms with van der Waals surface area (Å²) in [5, 5.41) is 12.1. The van der Waals surface area contributed by atoms with Gasteiger partial charge in [-0.25, -0.2) is 0 Å². The third-order valence-electron chi connectivity index (χ3n) is 2.57. The van der Waals surface area contributed by atoms with Gasteiger partial charge in [0, 0.05) is 6.54 Å². The Morgan fingerprint density at radius 2 is 2.00 bits per heavy atom. The number of hydrogen-bond acceptors (Lipinski definition) is 3. The summed E-state index contributed by atoms with van der Waals surface area (Å²) in [5.74, 6) is 0.841. The van der Waals surface area contributed by atoms with Gasteiger partial charge in [0.15, 0.2) is 6.10 Å². The zero-order chi connectivity index (χ0) is 15.2. The number of alkyl halides is 3. The summed E-state index contributed by atoms with van der Waals surface area (Å²) in [6.07, 6.45) is -7.12. The lowest BCUT2D eigenvalue weighted by molar-refractivity contribution is -0.210. The Labute approximate surface area is 116 Å². The number of aliphatic hydroxyl groups is 1. The maximum absolute atomic E-state index is 12.1. The van der Waals surface area contributed by atoms with Crippen LogP contribution in [0.2, 0.25) is 0 Å². The molecule has 0 aliphatic rings. The van der Waals surface area contributed by atoms with Crippen LogP contribution in [0.15, 0.2) is 24.3 Å². The van der Waals surface area contributed by atoms with Crippen LogP contribution in [0.1, 0.15) is 19.4 Å². The predicted octanol–water partition coefficient (Wildman–Crippen LogP) is 2.73. The molecular formula is C14H20F3NO2. The number of hydrogen-bond donors (Lipinski definition) is 2. The van der Waals surface area contributed by atoms with Crippen LogP contribution in [0, 0.1) is 5.92 Å². The van der Waals surface area contributed by atoms with Crippen molar-refractivity contribution in [2.75, 3.05) is 13.2 Å². The highest BCUT2D eigenvalue weighted by Crippen LogP contribution is 2.21. The Morgan fingerprint density at radius 1 is 1.30 bits per heavy atom. The standard InChI is InChI=1S/C14H20F3NO2/c1-10(2)7-18-8-11-4-3-5-12(6-11)20-9-13(19)14(15,16)17/h3-6,10,13,18-19H,7-9H2,1-2H3. The van der Waals surface area contributed by atoms with Crippen molar-refractivity contribution < 1.29 is 23.0 Å². The van der Waals surface area contributed by atoms with E-state index in [0.717, 1.165) is 12.1 Å². The van der Waals surface area contributed by atoms with Crippen molar-refractivity contribution in [1.82, 2.24) is 5.32 Å². The zero-order valence-electron chi connectivity index (χ0n) is 11.6. The molecule has 0 fully saturated rings. The smallest absolute Gasteiger partial charge is 0.417 e. The Bertz CT molecular complexity index is 408. The van der Waals surface area contributed by atoms with Crippen LogP contribution >= 0.6 is 0 Å². The van der Waals surface area contributed by atoms with E-state index < -0.39 is 18.9 Å². The molecule has 3 nitrogen and oxygen atoms in total. The number of benzene rings is 1. The van der Waals surface area contributed by atoms with E-state index in [9.17, 15) is 13.2 Å². The molecule has 0 saturated heterocycles. The van der Waals surface area contributed by atoms with Gasteiger partial charge in [0.05, 0.1) is 0 Å². The first-order valence-corrected chi connectivity index (χ1v) is 6.46. The lowest BCUT2D eigenvalue weighted by Gasteiger charge is -2.15. The summed E-state index contributed by atoms with van der Waals surface area (Å²) >= 11 is 0. The molecule has 1 aromatic rings. The van der Waals surface area contributed by atoms with Crippen molar-refractivity contribution in [2.24, 2.45) is 5.92 Å². The monoisotopic (exact) mass is 291 g/mol. The van der Waals surface area contributed by atoms with Crippen molar-refractivity contribution in [3.8, 4) is 5.75 Å². The summed E-state index contributed by atoms with van der Waals surface area (Å²) in [6, 6.07) is 6.80. The largest absolute Gasteiger partial charge is 0.491 e. The molecule has 1 aromatic carbocycles. The maximum atomic E-state index is 12.1. The number of nitrogens with one attached hydrogen (secondary N) is 1. The second-order valence-electron chi connectivity index (χ2n) is 5.04. The lowest BCUT2D eigenvalue weighted by atomic mass is 10.2. The molecule has 2 N–H and O–H groups in total. The van der Waals surface area contributed by atoms with E-state index in [1.807, 2.05) is 6.07 Å². The normalized spacial score (nSPS) is 13.6. The fourth-order valence-electron chi connectivity index (χ4n) is 1.52. The molecule has 0 spiro atoms. The average Bonchev–Trinajstić information content (AvgIpc) is 2.35. The molecule has 0 aliphatic carbocycles. The van der Waals surface area contributed by atoms with Gasteiger partial charge in [-0.2, -0.15) is 13.2 Å². The lowest BCUT2D eigenvalue weighted by Crippen LogP contribution is -2.34. The molecule has 114 valence electrons.